The van der Waals surface area contributed by atoms with Crippen molar-refractivity contribution >= 4 is 47.3 Å². The number of hydrogen-bond donors (Lipinski definition) is 5. The Kier molecular flexibility index (Phi) is 16.8. The highest BCUT2D eigenvalue weighted by atomic mass is 16.6. The number of Topliss-reactive ketones (excluding diaryl/α,β-unsaturated/α-hetero) is 1. The summed E-state index contributed by atoms with van der Waals surface area (Å²) in [7, 11) is 0. The lowest BCUT2D eigenvalue weighted by Gasteiger charge is -2.64. The fourth-order valence-electron chi connectivity index (χ4n) is 11.5. The Balaban J connectivity index is 1.24. The van der Waals surface area contributed by atoms with E-state index in [0.29, 0.717) is 36.4 Å². The van der Waals surface area contributed by atoms with Crippen molar-refractivity contribution in [3.05, 3.63) is 149 Å². The van der Waals surface area contributed by atoms with Gasteiger partial charge in [0.25, 0.3) is 5.91 Å². The Morgan fingerprint density at radius 3 is 2.17 bits per heavy atom. The monoisotopic (exact) mass is 1060 g/mol. The van der Waals surface area contributed by atoms with Crippen molar-refractivity contribution < 1.29 is 72.5 Å². The lowest BCUT2D eigenvalue weighted by atomic mass is 9.49. The Morgan fingerprint density at radius 1 is 0.909 bits per heavy atom. The van der Waals surface area contributed by atoms with Crippen LogP contribution >= 0.6 is 0 Å². The number of aliphatic hydroxyl groups is 2. The maximum absolute atomic E-state index is 15.4. The summed E-state index contributed by atoms with van der Waals surface area (Å²) < 4.78 is 37.3. The van der Waals surface area contributed by atoms with Crippen LogP contribution in [-0.2, 0) is 59.0 Å². The molecular weight excluding hydrogens is 991 g/mol. The number of nitrogens with zero attached hydrogens (tertiary/aromatic N) is 1. The van der Waals surface area contributed by atoms with Crippen molar-refractivity contribution in [2.75, 3.05) is 31.1 Å². The van der Waals surface area contributed by atoms with E-state index in [1.165, 1.54) is 26.0 Å². The molecule has 4 aromatic rings. The standard InChI is InChI=1S/C59H67N3O15/c1-7-62(26-25-60)41-24-23-40(44(65)28-41)27-34(2)55(69)76-52(49(38-19-13-9-14-20-38)61-54(68)39-21-15-10-16-22-39)56(70)75-42-29-43-51(74-35(3)63)50(67)47-45(66)30-46-58(33-73-46,77-36(4)64)48(47)53(59(71,31-42)57(43,5)6)72-32-37-17-11-8-12-18-37/h8-24,27-29,42,45-49,51-53,65-66,71H,7,25-26,30-33,60H2,1-6H3,(H,61,68)/b34-27+/t42?,45-,46+,47?,48?,49-,51?,52+,53-,58?,59+/m0/s1. The largest absolute Gasteiger partial charge is 0.507 e. The van der Waals surface area contributed by atoms with Gasteiger partial charge in [0.1, 0.15) is 29.6 Å². The molecular formula is C59H67N3O15. The number of hydrogen-bond acceptors (Lipinski definition) is 17. The average Bonchev–Trinajstić information content (AvgIpc) is 3.40. The SMILES string of the molecule is CCN(CCN)c1ccc(/C=C(\C)C(=O)O[C@@H](C(=O)OC2C=C3C(OC(C)=O)C(=O)C4C([C@H](OCc5ccccc5)[C@](O)(C2)C3(C)C)C2(OC(C)=O)CO[C@@H]2C[C@@H]4O)[C@@H](NC(=O)c2ccccc2)c2ccccc2)c(O)c1. The lowest BCUT2D eigenvalue weighted by molar-refractivity contribution is -0.338. The van der Waals surface area contributed by atoms with E-state index in [9.17, 15) is 34.5 Å². The van der Waals surface area contributed by atoms with Gasteiger partial charge in [-0.3, -0.25) is 19.2 Å². The third-order valence-corrected chi connectivity index (χ3v) is 15.5. The number of anilines is 1. The second kappa shape index (κ2) is 23.2. The number of likely N-dealkylation sites (N-methyl/N-ethyl adjacent to an activating group) is 1. The number of nitrogens with one attached hydrogen (secondary N) is 1. The number of phenolic OH excluding ortho intramolecular Hbond substituents is 1. The van der Waals surface area contributed by atoms with Crippen LogP contribution in [0.1, 0.15) is 87.5 Å². The third-order valence-electron chi connectivity index (χ3n) is 15.5. The Morgan fingerprint density at radius 2 is 1.57 bits per heavy atom. The maximum atomic E-state index is 15.4. The third kappa shape index (κ3) is 11.3. The number of carbonyl (C=O) groups excluding carboxylic acids is 6. The molecule has 1 aliphatic heterocycles. The van der Waals surface area contributed by atoms with E-state index in [1.807, 2.05) is 17.9 Å². The van der Waals surface area contributed by atoms with Crippen LogP contribution in [0.25, 0.3) is 6.08 Å². The predicted molar refractivity (Wildman–Crippen MR) is 280 cm³/mol. The van der Waals surface area contributed by atoms with Crippen molar-refractivity contribution in [3.8, 4) is 5.75 Å². The highest BCUT2D eigenvalue weighted by Gasteiger charge is 2.74. The first-order chi connectivity index (χ1) is 36.7. The molecule has 408 valence electrons. The van der Waals surface area contributed by atoms with Gasteiger partial charge < -0.3 is 59.7 Å². The van der Waals surface area contributed by atoms with Gasteiger partial charge in [-0.2, -0.15) is 0 Å². The number of fused-ring (bicyclic) bond motifs is 5. The summed E-state index contributed by atoms with van der Waals surface area (Å²) in [5, 5.41) is 39.9. The smallest absolute Gasteiger partial charge is 0.350 e. The maximum Gasteiger partial charge on any atom is 0.350 e. The number of aromatic hydroxyl groups is 1. The van der Waals surface area contributed by atoms with Crippen LogP contribution in [0.5, 0.6) is 5.75 Å². The summed E-state index contributed by atoms with van der Waals surface area (Å²) in [6.45, 7) is 10.1. The number of ketones is 1. The van der Waals surface area contributed by atoms with Gasteiger partial charge in [-0.25, -0.2) is 9.59 Å². The Hall–Kier alpha value is -7.22. The second-order valence-corrected chi connectivity index (χ2v) is 20.7. The summed E-state index contributed by atoms with van der Waals surface area (Å²) in [6.07, 6.45) is -6.97. The number of carbonyl (C=O) groups is 6. The normalized spacial score (nSPS) is 27.0. The molecule has 6 N–H and O–H groups in total. The van der Waals surface area contributed by atoms with E-state index in [-0.39, 0.29) is 47.7 Å². The first kappa shape index (κ1) is 56.0. The first-order valence-electron chi connectivity index (χ1n) is 25.8. The van der Waals surface area contributed by atoms with Crippen LogP contribution in [-0.4, -0.2) is 125 Å². The zero-order valence-electron chi connectivity index (χ0n) is 44.0. The highest BCUT2D eigenvalue weighted by molar-refractivity contribution is 5.97. The zero-order chi connectivity index (χ0) is 55.4. The van der Waals surface area contributed by atoms with Gasteiger partial charge in [-0.15, -0.1) is 0 Å². The zero-order valence-corrected chi connectivity index (χ0v) is 44.0. The fourth-order valence-corrected chi connectivity index (χ4v) is 11.5. The molecule has 1 saturated heterocycles. The molecule has 11 atom stereocenters. The second-order valence-electron chi connectivity index (χ2n) is 20.7. The van der Waals surface area contributed by atoms with E-state index < -0.39 is 113 Å². The molecule has 18 heteroatoms. The number of ether oxygens (including phenoxy) is 6. The van der Waals surface area contributed by atoms with Crippen molar-refractivity contribution in [1.82, 2.24) is 5.32 Å². The van der Waals surface area contributed by atoms with Crippen LogP contribution in [0.15, 0.2) is 126 Å². The average molecular weight is 1060 g/mol. The van der Waals surface area contributed by atoms with E-state index >= 15 is 9.59 Å². The number of nitrogens with two attached hydrogens (primary N) is 1. The lowest BCUT2D eigenvalue weighted by Crippen LogP contribution is -2.79. The number of benzene rings is 4. The minimum atomic E-state index is -2.23. The minimum Gasteiger partial charge on any atom is -0.507 e. The molecule has 5 unspecified atom stereocenters. The van der Waals surface area contributed by atoms with Crippen LogP contribution < -0.4 is 16.0 Å². The molecule has 1 heterocycles. The quantitative estimate of drug-likeness (QED) is 0.0359. The van der Waals surface area contributed by atoms with Gasteiger partial charge in [0.2, 0.25) is 6.10 Å². The summed E-state index contributed by atoms with van der Waals surface area (Å²) in [4.78, 5) is 87.5. The van der Waals surface area contributed by atoms with E-state index in [4.69, 9.17) is 34.2 Å². The molecule has 4 aromatic carbocycles. The first-order valence-corrected chi connectivity index (χ1v) is 25.8. The van der Waals surface area contributed by atoms with E-state index in [0.717, 1.165) is 6.92 Å². The van der Waals surface area contributed by atoms with E-state index in [1.54, 1.807) is 117 Å². The molecule has 4 aliphatic rings. The van der Waals surface area contributed by atoms with Gasteiger partial charge in [0, 0.05) is 86.1 Å². The Bertz CT molecular complexity index is 2900. The Labute approximate surface area is 447 Å². The molecule has 0 aromatic heterocycles. The summed E-state index contributed by atoms with van der Waals surface area (Å²) in [5.41, 5.74) is 2.51. The van der Waals surface area contributed by atoms with Gasteiger partial charge in [0.15, 0.2) is 17.5 Å². The molecule has 0 spiro atoms. The molecule has 8 rings (SSSR count). The number of rotatable bonds is 18. The van der Waals surface area contributed by atoms with Crippen molar-refractivity contribution in [3.63, 3.8) is 0 Å². The van der Waals surface area contributed by atoms with Crippen molar-refractivity contribution in [2.24, 2.45) is 23.0 Å². The molecule has 0 radical (unpaired) electrons. The predicted octanol–water partition coefficient (Wildman–Crippen LogP) is 5.46. The molecule has 3 aliphatic carbocycles. The van der Waals surface area contributed by atoms with Crippen LogP contribution in [0.4, 0.5) is 5.69 Å². The molecule has 18 nitrogen and oxygen atoms in total. The van der Waals surface area contributed by atoms with Gasteiger partial charge in [-0.05, 0) is 67.0 Å². The van der Waals surface area contributed by atoms with Gasteiger partial charge in [-0.1, -0.05) is 92.7 Å². The molecule has 2 saturated carbocycles. The minimum absolute atomic E-state index is 0.0111. The van der Waals surface area contributed by atoms with Gasteiger partial charge >= 0.3 is 23.9 Å². The van der Waals surface area contributed by atoms with Crippen molar-refractivity contribution in [2.45, 2.75) is 115 Å². The molecule has 3 fully saturated rings. The summed E-state index contributed by atoms with van der Waals surface area (Å²) >= 11 is 0. The van der Waals surface area contributed by atoms with Crippen molar-refractivity contribution in [1.29, 1.82) is 0 Å². The number of phenols is 1. The van der Waals surface area contributed by atoms with Crippen LogP contribution in [0.2, 0.25) is 0 Å². The molecule has 1 amide bonds. The highest BCUT2D eigenvalue weighted by Crippen LogP contribution is 2.60. The summed E-state index contributed by atoms with van der Waals surface area (Å²) in [6, 6.07) is 29.0. The molecule has 77 heavy (non-hydrogen) atoms. The number of amides is 1. The van der Waals surface area contributed by atoms with Crippen LogP contribution in [0, 0.1) is 17.3 Å². The van der Waals surface area contributed by atoms with Gasteiger partial charge in [0.05, 0.1) is 31.3 Å². The number of aliphatic hydroxyl groups excluding tert-OH is 1. The van der Waals surface area contributed by atoms with Crippen LogP contribution in [0.3, 0.4) is 0 Å². The fraction of sp³-hybridized carbons (Fsp3) is 0.424. The topological polar surface area (TPSA) is 260 Å². The number of esters is 4. The molecule has 2 bridgehead atoms. The van der Waals surface area contributed by atoms with E-state index in [2.05, 4.69) is 5.32 Å². The summed E-state index contributed by atoms with van der Waals surface area (Å²) in [5.74, 6) is -8.18.